The van der Waals surface area contributed by atoms with Gasteiger partial charge in [-0.3, -0.25) is 0 Å². The third-order valence-electron chi connectivity index (χ3n) is 1.87. The first kappa shape index (κ1) is 13.6. The van der Waals surface area contributed by atoms with E-state index >= 15 is 0 Å². The van der Waals surface area contributed by atoms with Crippen LogP contribution >= 0.6 is 0 Å². The molecule has 0 aromatic heterocycles. The Bertz CT molecular complexity index is 539. The molecule has 0 aliphatic heterocycles. The highest BCUT2D eigenvalue weighted by Gasteiger charge is 2.19. The Kier molecular flexibility index (Phi) is 3.84. The Hall–Kier alpha value is -1.47. The number of hydrogen-bond acceptors (Lipinski definition) is 3. The topological polar surface area (TPSA) is 83.5 Å². The van der Waals surface area contributed by atoms with Crippen LogP contribution in [0.1, 0.15) is 24.2 Å². The molecule has 0 heterocycles. The lowest BCUT2D eigenvalue weighted by Crippen LogP contribution is -2.30. The molecule has 2 N–H and O–H groups in total. The van der Waals surface area contributed by atoms with Crippen molar-refractivity contribution < 1.29 is 22.7 Å². The van der Waals surface area contributed by atoms with E-state index in [-0.39, 0.29) is 10.9 Å². The molecule has 0 bridgehead atoms. The normalized spacial score (nSPS) is 11.8. The van der Waals surface area contributed by atoms with E-state index in [1.165, 1.54) is 0 Å². The number of halogens is 1. The van der Waals surface area contributed by atoms with Crippen LogP contribution in [0.5, 0.6) is 0 Å². The SMILES string of the molecule is CC(C)NS(=O)(=O)c1ccc(F)c(C(=O)O)c1. The number of aromatic carboxylic acids is 1. The molecule has 0 amide bonds. The van der Waals surface area contributed by atoms with Gasteiger partial charge in [0.15, 0.2) is 0 Å². The lowest BCUT2D eigenvalue weighted by molar-refractivity contribution is 0.0691. The molecular weight excluding hydrogens is 249 g/mol. The quantitative estimate of drug-likeness (QED) is 0.853. The zero-order chi connectivity index (χ0) is 13.2. The molecule has 1 aromatic carbocycles. The smallest absolute Gasteiger partial charge is 0.338 e. The first-order valence-corrected chi connectivity index (χ1v) is 6.27. The minimum absolute atomic E-state index is 0.273. The number of carbonyl (C=O) groups is 1. The molecule has 1 rings (SSSR count). The van der Waals surface area contributed by atoms with E-state index < -0.39 is 27.4 Å². The molecule has 0 saturated heterocycles. The minimum Gasteiger partial charge on any atom is -0.478 e. The molecule has 1 aromatic rings. The number of rotatable bonds is 4. The summed E-state index contributed by atoms with van der Waals surface area (Å²) < 4.78 is 38.8. The largest absolute Gasteiger partial charge is 0.478 e. The van der Waals surface area contributed by atoms with Crippen molar-refractivity contribution in [3.63, 3.8) is 0 Å². The lowest BCUT2D eigenvalue weighted by atomic mass is 10.2. The van der Waals surface area contributed by atoms with Crippen molar-refractivity contribution in [3.8, 4) is 0 Å². The third kappa shape index (κ3) is 3.24. The highest BCUT2D eigenvalue weighted by molar-refractivity contribution is 7.89. The maximum absolute atomic E-state index is 13.1. The molecular formula is C10H12FNO4S. The first-order chi connectivity index (χ1) is 7.74. The van der Waals surface area contributed by atoms with Crippen molar-refractivity contribution in [2.75, 3.05) is 0 Å². The van der Waals surface area contributed by atoms with Crippen molar-refractivity contribution in [1.29, 1.82) is 0 Å². The van der Waals surface area contributed by atoms with E-state index in [9.17, 15) is 17.6 Å². The van der Waals surface area contributed by atoms with Gasteiger partial charge in [-0.1, -0.05) is 0 Å². The van der Waals surface area contributed by atoms with Crippen LogP contribution in [0.3, 0.4) is 0 Å². The van der Waals surface area contributed by atoms with Gasteiger partial charge in [0.1, 0.15) is 5.82 Å². The zero-order valence-corrected chi connectivity index (χ0v) is 10.1. The summed E-state index contributed by atoms with van der Waals surface area (Å²) in [5.41, 5.74) is -0.670. The average molecular weight is 261 g/mol. The highest BCUT2D eigenvalue weighted by atomic mass is 32.2. The predicted octanol–water partition coefficient (Wildman–Crippen LogP) is 1.21. The fraction of sp³-hybridized carbons (Fsp3) is 0.300. The van der Waals surface area contributed by atoms with E-state index in [2.05, 4.69) is 4.72 Å². The number of hydrogen-bond donors (Lipinski definition) is 2. The first-order valence-electron chi connectivity index (χ1n) is 4.79. The maximum atomic E-state index is 13.1. The van der Waals surface area contributed by atoms with Gasteiger partial charge in [0.25, 0.3) is 0 Å². The van der Waals surface area contributed by atoms with E-state index in [4.69, 9.17) is 5.11 Å². The van der Waals surface area contributed by atoms with Gasteiger partial charge in [0.05, 0.1) is 10.5 Å². The Morgan fingerprint density at radius 2 is 2.00 bits per heavy atom. The molecule has 0 radical (unpaired) electrons. The molecule has 0 unspecified atom stereocenters. The summed E-state index contributed by atoms with van der Waals surface area (Å²) in [4.78, 5) is 10.4. The monoisotopic (exact) mass is 261 g/mol. The van der Waals surface area contributed by atoms with Crippen LogP contribution in [0, 0.1) is 5.82 Å². The molecule has 0 fully saturated rings. The highest BCUT2D eigenvalue weighted by Crippen LogP contribution is 2.15. The zero-order valence-electron chi connectivity index (χ0n) is 9.27. The van der Waals surface area contributed by atoms with Crippen molar-refractivity contribution in [1.82, 2.24) is 4.72 Å². The summed E-state index contributed by atoms with van der Waals surface area (Å²) in [6, 6.07) is 2.30. The second kappa shape index (κ2) is 4.80. The summed E-state index contributed by atoms with van der Waals surface area (Å²) in [6.07, 6.45) is 0. The van der Waals surface area contributed by atoms with Gasteiger partial charge in [-0.25, -0.2) is 22.3 Å². The summed E-state index contributed by atoms with van der Waals surface area (Å²) in [5, 5.41) is 8.68. The van der Waals surface area contributed by atoms with E-state index in [1.807, 2.05) is 0 Å². The number of benzene rings is 1. The molecule has 0 spiro atoms. The predicted molar refractivity (Wildman–Crippen MR) is 58.8 cm³/mol. The number of carboxylic acids is 1. The fourth-order valence-corrected chi connectivity index (χ4v) is 2.49. The summed E-state index contributed by atoms with van der Waals surface area (Å²) in [6.45, 7) is 3.25. The van der Waals surface area contributed by atoms with Gasteiger partial charge in [-0.2, -0.15) is 0 Å². The van der Waals surface area contributed by atoms with Gasteiger partial charge in [0.2, 0.25) is 10.0 Å². The molecule has 0 saturated carbocycles. The van der Waals surface area contributed by atoms with Crippen LogP contribution in [-0.2, 0) is 10.0 Å². The molecule has 0 atom stereocenters. The molecule has 0 aliphatic rings. The minimum atomic E-state index is -3.81. The number of sulfonamides is 1. The second-order valence-electron chi connectivity index (χ2n) is 3.72. The summed E-state index contributed by atoms with van der Waals surface area (Å²) >= 11 is 0. The van der Waals surface area contributed by atoms with Gasteiger partial charge < -0.3 is 5.11 Å². The molecule has 94 valence electrons. The Balaban J connectivity index is 3.25. The molecule has 5 nitrogen and oxygen atoms in total. The lowest BCUT2D eigenvalue weighted by Gasteiger charge is -2.10. The van der Waals surface area contributed by atoms with Crippen LogP contribution < -0.4 is 4.72 Å². The Labute approximate surface area is 98.3 Å². The van der Waals surface area contributed by atoms with E-state index in [0.717, 1.165) is 18.2 Å². The average Bonchev–Trinajstić information content (AvgIpc) is 2.15. The maximum Gasteiger partial charge on any atom is 0.338 e. The van der Waals surface area contributed by atoms with E-state index in [1.54, 1.807) is 13.8 Å². The third-order valence-corrected chi connectivity index (χ3v) is 3.53. The van der Waals surface area contributed by atoms with Crippen molar-refractivity contribution >= 4 is 16.0 Å². The standard InChI is InChI=1S/C10H12FNO4S/c1-6(2)12-17(15,16)7-3-4-9(11)8(5-7)10(13)14/h3-6,12H,1-2H3,(H,13,14). The van der Waals surface area contributed by atoms with Gasteiger partial charge in [-0.05, 0) is 32.0 Å². The fourth-order valence-electron chi connectivity index (χ4n) is 1.21. The Morgan fingerprint density at radius 3 is 2.47 bits per heavy atom. The van der Waals surface area contributed by atoms with Crippen molar-refractivity contribution in [2.45, 2.75) is 24.8 Å². The molecule has 0 aliphatic carbocycles. The van der Waals surface area contributed by atoms with Crippen LogP contribution in [0.15, 0.2) is 23.1 Å². The Morgan fingerprint density at radius 1 is 1.41 bits per heavy atom. The van der Waals surface area contributed by atoms with Crippen LogP contribution in [-0.4, -0.2) is 25.5 Å². The number of nitrogens with one attached hydrogen (secondary N) is 1. The van der Waals surface area contributed by atoms with Crippen LogP contribution in [0.2, 0.25) is 0 Å². The molecule has 7 heteroatoms. The van der Waals surface area contributed by atoms with Crippen LogP contribution in [0.25, 0.3) is 0 Å². The molecule has 17 heavy (non-hydrogen) atoms. The van der Waals surface area contributed by atoms with Crippen LogP contribution in [0.4, 0.5) is 4.39 Å². The second-order valence-corrected chi connectivity index (χ2v) is 5.44. The van der Waals surface area contributed by atoms with Gasteiger partial charge >= 0.3 is 5.97 Å². The van der Waals surface area contributed by atoms with Gasteiger partial charge in [-0.15, -0.1) is 0 Å². The number of carboxylic acid groups (broad SMARTS) is 1. The van der Waals surface area contributed by atoms with Crippen molar-refractivity contribution in [3.05, 3.63) is 29.6 Å². The summed E-state index contributed by atoms with van der Waals surface area (Å²) in [5.74, 6) is -2.48. The van der Waals surface area contributed by atoms with E-state index in [0.29, 0.717) is 0 Å². The van der Waals surface area contributed by atoms with Crippen molar-refractivity contribution in [2.24, 2.45) is 0 Å². The van der Waals surface area contributed by atoms with Gasteiger partial charge in [0, 0.05) is 6.04 Å². The summed E-state index contributed by atoms with van der Waals surface area (Å²) in [7, 11) is -3.81.